The maximum atomic E-state index is 12.7. The molecule has 1 aliphatic rings. The number of aliphatic hydroxyl groups excluding tert-OH is 2. The monoisotopic (exact) mass is 392 g/mol. The topological polar surface area (TPSA) is 123 Å². The molecule has 0 bridgehead atoms. The molecule has 2 rings (SSSR count). The van der Waals surface area contributed by atoms with Crippen LogP contribution in [0.5, 0.6) is 17.2 Å². The number of phenolic OH excluding ortho intramolecular Hbond substituents is 1. The minimum Gasteiger partial charge on any atom is -0.507 e. The Morgan fingerprint density at radius 2 is 1.75 bits per heavy atom. The van der Waals surface area contributed by atoms with Gasteiger partial charge in [-0.3, -0.25) is 4.79 Å². The first kappa shape index (κ1) is 21.5. The van der Waals surface area contributed by atoms with Crippen LogP contribution < -0.4 is 9.47 Å². The van der Waals surface area contributed by atoms with Gasteiger partial charge in [0.25, 0.3) is 0 Å². The van der Waals surface area contributed by atoms with Crippen molar-refractivity contribution in [3.63, 3.8) is 0 Å². The van der Waals surface area contributed by atoms with E-state index >= 15 is 0 Å². The van der Waals surface area contributed by atoms with Crippen molar-refractivity contribution < 1.29 is 39.1 Å². The smallest absolute Gasteiger partial charge is 0.342 e. The van der Waals surface area contributed by atoms with Crippen LogP contribution in [0.15, 0.2) is 24.3 Å². The van der Waals surface area contributed by atoms with E-state index in [2.05, 4.69) is 0 Å². The predicted octanol–water partition coefficient (Wildman–Crippen LogP) is 1.61. The average molecular weight is 392 g/mol. The number of hydrogen-bond acceptors (Lipinski definition) is 8. The van der Waals surface area contributed by atoms with Crippen LogP contribution in [0.2, 0.25) is 0 Å². The lowest BCUT2D eigenvalue weighted by molar-refractivity contribution is -0.127. The Kier molecular flexibility index (Phi) is 7.19. The Morgan fingerprint density at radius 1 is 1.07 bits per heavy atom. The fourth-order valence-electron chi connectivity index (χ4n) is 2.79. The van der Waals surface area contributed by atoms with Crippen molar-refractivity contribution in [1.29, 1.82) is 0 Å². The highest BCUT2D eigenvalue weighted by molar-refractivity contribution is 5.98. The molecular formula is C20H24O8. The van der Waals surface area contributed by atoms with Gasteiger partial charge < -0.3 is 29.5 Å². The summed E-state index contributed by atoms with van der Waals surface area (Å²) in [6.45, 7) is 1.62. The van der Waals surface area contributed by atoms with Crippen LogP contribution in [0.3, 0.4) is 0 Å². The highest BCUT2D eigenvalue weighted by Crippen LogP contribution is 2.40. The number of fused-ring (bicyclic) bond motifs is 1. The molecule has 0 aromatic heterocycles. The molecule has 28 heavy (non-hydrogen) atoms. The lowest BCUT2D eigenvalue weighted by atomic mass is 10.0. The first-order chi connectivity index (χ1) is 13.3. The van der Waals surface area contributed by atoms with Crippen molar-refractivity contribution >= 4 is 17.8 Å². The van der Waals surface area contributed by atoms with Crippen LogP contribution in [-0.2, 0) is 9.53 Å². The number of ether oxygens (including phenoxy) is 3. The third kappa shape index (κ3) is 4.71. The van der Waals surface area contributed by atoms with Gasteiger partial charge in [0.15, 0.2) is 17.3 Å². The maximum absolute atomic E-state index is 12.7. The number of hydrogen-bond donors (Lipinski definition) is 3. The molecule has 1 aromatic rings. The molecule has 152 valence electrons. The van der Waals surface area contributed by atoms with E-state index in [-0.39, 0.29) is 41.2 Å². The second kappa shape index (κ2) is 9.38. The quantitative estimate of drug-likeness (QED) is 0.649. The molecule has 0 saturated heterocycles. The number of carbonyl (C=O) groups excluding carboxylic acids is 2. The van der Waals surface area contributed by atoms with E-state index in [1.807, 2.05) is 0 Å². The van der Waals surface area contributed by atoms with E-state index in [0.29, 0.717) is 0 Å². The normalized spacial score (nSPS) is 25.8. The van der Waals surface area contributed by atoms with Crippen LogP contribution in [0, 0.1) is 0 Å². The first-order valence-corrected chi connectivity index (χ1v) is 8.72. The van der Waals surface area contributed by atoms with Gasteiger partial charge in [-0.1, -0.05) is 18.2 Å². The summed E-state index contributed by atoms with van der Waals surface area (Å²) in [5.74, 6) is -1.39. The van der Waals surface area contributed by atoms with Gasteiger partial charge in [-0.05, 0) is 19.4 Å². The van der Waals surface area contributed by atoms with Crippen LogP contribution in [-0.4, -0.2) is 59.6 Å². The molecule has 0 aliphatic carbocycles. The highest BCUT2D eigenvalue weighted by Gasteiger charge is 2.26. The number of esters is 1. The molecule has 1 aliphatic heterocycles. The van der Waals surface area contributed by atoms with Crippen molar-refractivity contribution in [3.8, 4) is 17.2 Å². The Morgan fingerprint density at radius 3 is 2.39 bits per heavy atom. The van der Waals surface area contributed by atoms with Crippen molar-refractivity contribution in [3.05, 3.63) is 35.4 Å². The van der Waals surface area contributed by atoms with Gasteiger partial charge >= 0.3 is 5.97 Å². The lowest BCUT2D eigenvalue weighted by Gasteiger charge is -2.18. The Hall–Kier alpha value is -2.84. The van der Waals surface area contributed by atoms with E-state index in [4.69, 9.17) is 14.2 Å². The summed E-state index contributed by atoms with van der Waals surface area (Å²) in [6, 6.07) is 1.25. The van der Waals surface area contributed by atoms with Gasteiger partial charge in [-0.2, -0.15) is 0 Å². The third-order valence-electron chi connectivity index (χ3n) is 4.27. The summed E-state index contributed by atoms with van der Waals surface area (Å²) in [6.07, 6.45) is 2.09. The van der Waals surface area contributed by atoms with Gasteiger partial charge in [-0.25, -0.2) is 4.79 Å². The lowest BCUT2D eigenvalue weighted by Crippen LogP contribution is -2.32. The Balaban J connectivity index is 2.58. The van der Waals surface area contributed by atoms with Crippen molar-refractivity contribution in [2.24, 2.45) is 0 Å². The van der Waals surface area contributed by atoms with Crippen molar-refractivity contribution in [1.82, 2.24) is 0 Å². The first-order valence-electron chi connectivity index (χ1n) is 8.72. The molecule has 0 spiro atoms. The van der Waals surface area contributed by atoms with Gasteiger partial charge in [-0.15, -0.1) is 0 Å². The maximum Gasteiger partial charge on any atom is 0.342 e. The summed E-state index contributed by atoms with van der Waals surface area (Å²) >= 11 is 0. The number of ketones is 1. The molecule has 8 nitrogen and oxygen atoms in total. The van der Waals surface area contributed by atoms with E-state index in [9.17, 15) is 24.9 Å². The standard InChI is InChI=1S/C20H24O8/c1-11-6-4-8-13(21)18(24)14(22)9-5-7-12-17(20(25)28-11)15(23)10-16(26-2)19(12)27-3/h4-5,7-8,10-11,14,18,22-24H,6,9H2,1-3H3/b7-5+,8-4-/t11-,14+,18+/m0/s1. The number of phenols is 1. The zero-order chi connectivity index (χ0) is 20.8. The molecule has 0 amide bonds. The predicted molar refractivity (Wildman–Crippen MR) is 101 cm³/mol. The Labute approximate surface area is 162 Å². The van der Waals surface area contributed by atoms with E-state index < -0.39 is 30.1 Å². The number of benzene rings is 1. The van der Waals surface area contributed by atoms with Crippen LogP contribution in [0.4, 0.5) is 0 Å². The van der Waals surface area contributed by atoms with Gasteiger partial charge in [0, 0.05) is 18.1 Å². The zero-order valence-electron chi connectivity index (χ0n) is 15.9. The summed E-state index contributed by atoms with van der Waals surface area (Å²) in [5, 5.41) is 30.3. The molecule has 3 N–H and O–H groups in total. The van der Waals surface area contributed by atoms with Crippen molar-refractivity contribution in [2.45, 2.75) is 38.1 Å². The molecule has 1 aromatic carbocycles. The summed E-state index contributed by atoms with van der Waals surface area (Å²) < 4.78 is 15.9. The number of carbonyl (C=O) groups is 2. The molecule has 0 fully saturated rings. The van der Waals surface area contributed by atoms with Gasteiger partial charge in [0.1, 0.15) is 23.5 Å². The molecule has 3 atom stereocenters. The second-order valence-electron chi connectivity index (χ2n) is 6.33. The highest BCUT2D eigenvalue weighted by atomic mass is 16.5. The number of cyclic esters (lactones) is 1. The summed E-state index contributed by atoms with van der Waals surface area (Å²) in [5.41, 5.74) is 0.0741. The summed E-state index contributed by atoms with van der Waals surface area (Å²) in [4.78, 5) is 24.6. The largest absolute Gasteiger partial charge is 0.507 e. The Bertz CT molecular complexity index is 796. The SMILES string of the molecule is COc1cc(O)c2c(c1OC)/C=C/C[C@@H](O)[C@H](O)C(=O)/C=C\C[C@H](C)OC2=O. The molecule has 0 unspecified atom stereocenters. The third-order valence-corrected chi connectivity index (χ3v) is 4.27. The molecule has 0 saturated carbocycles. The van der Waals surface area contributed by atoms with Crippen LogP contribution in [0.1, 0.15) is 35.7 Å². The number of rotatable bonds is 2. The summed E-state index contributed by atoms with van der Waals surface area (Å²) in [7, 11) is 2.76. The fourth-order valence-corrected chi connectivity index (χ4v) is 2.79. The van der Waals surface area contributed by atoms with E-state index in [1.54, 1.807) is 6.92 Å². The zero-order valence-corrected chi connectivity index (χ0v) is 15.9. The van der Waals surface area contributed by atoms with Crippen LogP contribution in [0.25, 0.3) is 6.08 Å². The van der Waals surface area contributed by atoms with Gasteiger partial charge in [0.2, 0.25) is 0 Å². The minimum atomic E-state index is -1.58. The second-order valence-corrected chi connectivity index (χ2v) is 6.33. The molecule has 8 heteroatoms. The number of methoxy groups -OCH3 is 2. The van der Waals surface area contributed by atoms with E-state index in [0.717, 1.165) is 6.08 Å². The molecule has 1 heterocycles. The molecular weight excluding hydrogens is 368 g/mol. The van der Waals surface area contributed by atoms with Gasteiger partial charge in [0.05, 0.1) is 20.3 Å². The van der Waals surface area contributed by atoms with Crippen LogP contribution >= 0.6 is 0 Å². The fraction of sp³-hybridized carbons (Fsp3) is 0.400. The number of aromatic hydroxyl groups is 1. The number of aliphatic hydroxyl groups is 2. The molecule has 0 radical (unpaired) electrons. The average Bonchev–Trinajstić information content (AvgIpc) is 2.65. The van der Waals surface area contributed by atoms with Crippen molar-refractivity contribution in [2.75, 3.05) is 14.2 Å². The minimum absolute atomic E-state index is 0.0766. The van der Waals surface area contributed by atoms with E-state index in [1.165, 1.54) is 38.5 Å².